The zero-order valence-corrected chi connectivity index (χ0v) is 18.7. The molecule has 0 radical (unpaired) electrons. The molecule has 0 aliphatic heterocycles. The summed E-state index contributed by atoms with van der Waals surface area (Å²) in [4.78, 5) is 0. The van der Waals surface area contributed by atoms with Crippen LogP contribution in [0.4, 0.5) is 0 Å². The largest absolute Gasteiger partial charge is 0.497 e. The van der Waals surface area contributed by atoms with E-state index in [4.69, 9.17) is 14.2 Å². The van der Waals surface area contributed by atoms with Crippen molar-refractivity contribution in [1.82, 2.24) is 14.8 Å². The predicted molar refractivity (Wildman–Crippen MR) is 120 cm³/mol. The molecule has 0 aliphatic rings. The number of thioether (sulfide) groups is 1. The molecule has 0 N–H and O–H groups in total. The molecule has 0 fully saturated rings. The molecule has 6 nitrogen and oxygen atoms in total. The van der Waals surface area contributed by atoms with Crippen molar-refractivity contribution in [2.24, 2.45) is 0 Å². The van der Waals surface area contributed by atoms with Gasteiger partial charge in [-0.3, -0.25) is 0 Å². The number of nitrogens with zero attached hydrogens (tertiary/aromatic N) is 3. The van der Waals surface area contributed by atoms with E-state index in [0.29, 0.717) is 6.61 Å². The number of hydrogen-bond acceptors (Lipinski definition) is 6. The van der Waals surface area contributed by atoms with Gasteiger partial charge in [0.2, 0.25) is 0 Å². The fraction of sp³-hybridized carbons (Fsp3) is 0.391. The number of methoxy groups -OCH3 is 2. The second-order valence-electron chi connectivity index (χ2n) is 6.69. The van der Waals surface area contributed by atoms with Crippen molar-refractivity contribution in [2.45, 2.75) is 37.9 Å². The molecular formula is C23H29N3O3S. The lowest BCUT2D eigenvalue weighted by molar-refractivity contribution is 0.313. The molecule has 160 valence electrons. The number of rotatable bonds is 12. The molecule has 3 aromatic rings. The summed E-state index contributed by atoms with van der Waals surface area (Å²) in [6, 6.07) is 15.9. The van der Waals surface area contributed by atoms with Crippen LogP contribution in [0.15, 0.2) is 53.7 Å². The summed E-state index contributed by atoms with van der Waals surface area (Å²) in [5.74, 6) is 4.23. The van der Waals surface area contributed by atoms with Crippen LogP contribution in [0.5, 0.6) is 17.2 Å². The Hall–Kier alpha value is -2.67. The SMILES string of the molecule is CCn1c(CCCc2ccc(OC)cc2)nnc1SCCOc1ccccc1OC. The van der Waals surface area contributed by atoms with Gasteiger partial charge in [0.05, 0.1) is 20.8 Å². The van der Waals surface area contributed by atoms with Crippen molar-refractivity contribution >= 4 is 11.8 Å². The topological polar surface area (TPSA) is 58.4 Å². The first-order valence-electron chi connectivity index (χ1n) is 10.2. The smallest absolute Gasteiger partial charge is 0.191 e. The highest BCUT2D eigenvalue weighted by molar-refractivity contribution is 7.99. The molecule has 7 heteroatoms. The van der Waals surface area contributed by atoms with Crippen molar-refractivity contribution in [2.75, 3.05) is 26.6 Å². The van der Waals surface area contributed by atoms with Crippen LogP contribution in [-0.2, 0) is 19.4 Å². The van der Waals surface area contributed by atoms with Crippen molar-refractivity contribution < 1.29 is 14.2 Å². The molecule has 1 heterocycles. The van der Waals surface area contributed by atoms with Crippen LogP contribution in [0, 0.1) is 0 Å². The third-order valence-corrected chi connectivity index (χ3v) is 5.71. The Bertz CT molecular complexity index is 912. The Morgan fingerprint density at radius 1 is 0.900 bits per heavy atom. The van der Waals surface area contributed by atoms with Crippen molar-refractivity contribution in [1.29, 1.82) is 0 Å². The summed E-state index contributed by atoms with van der Waals surface area (Å²) < 4.78 is 18.6. The first-order chi connectivity index (χ1) is 14.7. The molecule has 0 aliphatic carbocycles. The van der Waals surface area contributed by atoms with E-state index in [2.05, 4.69) is 33.8 Å². The van der Waals surface area contributed by atoms with Crippen molar-refractivity contribution in [3.63, 3.8) is 0 Å². The van der Waals surface area contributed by atoms with Gasteiger partial charge in [0.15, 0.2) is 16.7 Å². The number of aryl methyl sites for hydroxylation is 2. The summed E-state index contributed by atoms with van der Waals surface area (Å²) in [6.45, 7) is 3.57. The Labute approximate surface area is 182 Å². The van der Waals surface area contributed by atoms with E-state index in [1.165, 1.54) is 5.56 Å². The maximum atomic E-state index is 5.85. The number of ether oxygens (including phenoxy) is 3. The van der Waals surface area contributed by atoms with Crippen LogP contribution >= 0.6 is 11.8 Å². The standard InChI is InChI=1S/C23H29N3O3S/c1-4-26-22(11-7-8-18-12-14-19(27-2)15-13-18)24-25-23(26)30-17-16-29-21-10-6-5-9-20(21)28-3/h5-6,9-10,12-15H,4,7-8,11,16-17H2,1-3H3. The van der Waals surface area contributed by atoms with Gasteiger partial charge >= 0.3 is 0 Å². The third kappa shape index (κ3) is 5.92. The molecule has 2 aromatic carbocycles. The fourth-order valence-electron chi connectivity index (χ4n) is 3.19. The molecule has 0 spiro atoms. The summed E-state index contributed by atoms with van der Waals surface area (Å²) >= 11 is 1.67. The summed E-state index contributed by atoms with van der Waals surface area (Å²) in [7, 11) is 3.34. The zero-order chi connectivity index (χ0) is 21.2. The number of aromatic nitrogens is 3. The second-order valence-corrected chi connectivity index (χ2v) is 7.75. The lowest BCUT2D eigenvalue weighted by atomic mass is 10.1. The minimum absolute atomic E-state index is 0.578. The zero-order valence-electron chi connectivity index (χ0n) is 17.8. The van der Waals surface area contributed by atoms with Crippen LogP contribution in [0.3, 0.4) is 0 Å². The lowest BCUT2D eigenvalue weighted by Crippen LogP contribution is -2.06. The Kier molecular flexibility index (Phi) is 8.44. The predicted octanol–water partition coefficient (Wildman–Crippen LogP) is 4.66. The highest BCUT2D eigenvalue weighted by Crippen LogP contribution is 2.26. The van der Waals surface area contributed by atoms with Gasteiger partial charge in [-0.15, -0.1) is 10.2 Å². The first kappa shape index (κ1) is 22.0. The molecule has 3 rings (SSSR count). The lowest BCUT2D eigenvalue weighted by Gasteiger charge is -2.10. The average Bonchev–Trinajstić information content (AvgIpc) is 3.19. The van der Waals surface area contributed by atoms with E-state index in [9.17, 15) is 0 Å². The highest BCUT2D eigenvalue weighted by Gasteiger charge is 2.11. The molecule has 0 saturated carbocycles. The molecular weight excluding hydrogens is 398 g/mol. The van der Waals surface area contributed by atoms with Crippen LogP contribution in [0.25, 0.3) is 0 Å². The maximum Gasteiger partial charge on any atom is 0.191 e. The quantitative estimate of drug-likeness (QED) is 0.309. The van der Waals surface area contributed by atoms with E-state index < -0.39 is 0 Å². The highest BCUT2D eigenvalue weighted by atomic mass is 32.2. The number of benzene rings is 2. The Balaban J connectivity index is 1.47. The summed E-state index contributed by atoms with van der Waals surface area (Å²) in [6.07, 6.45) is 2.95. The summed E-state index contributed by atoms with van der Waals surface area (Å²) in [5.41, 5.74) is 1.31. The number of para-hydroxylation sites is 2. The summed E-state index contributed by atoms with van der Waals surface area (Å²) in [5, 5.41) is 9.76. The van der Waals surface area contributed by atoms with Gasteiger partial charge in [0.1, 0.15) is 11.6 Å². The third-order valence-electron chi connectivity index (χ3n) is 4.78. The van der Waals surface area contributed by atoms with E-state index >= 15 is 0 Å². The normalized spacial score (nSPS) is 10.8. The van der Waals surface area contributed by atoms with Crippen LogP contribution in [-0.4, -0.2) is 41.3 Å². The molecule has 0 saturated heterocycles. The second kappa shape index (κ2) is 11.5. The average molecular weight is 428 g/mol. The van der Waals surface area contributed by atoms with Crippen LogP contribution < -0.4 is 14.2 Å². The van der Waals surface area contributed by atoms with Gasteiger partial charge in [-0.25, -0.2) is 0 Å². The minimum Gasteiger partial charge on any atom is -0.497 e. The van der Waals surface area contributed by atoms with Crippen LogP contribution in [0.2, 0.25) is 0 Å². The number of hydrogen-bond donors (Lipinski definition) is 0. The van der Waals surface area contributed by atoms with E-state index in [1.807, 2.05) is 36.4 Å². The van der Waals surface area contributed by atoms with Gasteiger partial charge in [0, 0.05) is 18.7 Å². The van der Waals surface area contributed by atoms with Crippen LogP contribution in [0.1, 0.15) is 24.7 Å². The van der Waals surface area contributed by atoms with Gasteiger partial charge in [-0.05, 0) is 49.6 Å². The molecule has 1 aromatic heterocycles. The maximum absolute atomic E-state index is 5.85. The molecule has 0 amide bonds. The fourth-order valence-corrected chi connectivity index (χ4v) is 4.03. The van der Waals surface area contributed by atoms with Gasteiger partial charge < -0.3 is 18.8 Å². The first-order valence-corrected chi connectivity index (χ1v) is 11.2. The van der Waals surface area contributed by atoms with Gasteiger partial charge in [-0.1, -0.05) is 36.0 Å². The molecule has 0 atom stereocenters. The van der Waals surface area contributed by atoms with E-state index in [-0.39, 0.29) is 0 Å². The van der Waals surface area contributed by atoms with Crippen molar-refractivity contribution in [3.8, 4) is 17.2 Å². The van der Waals surface area contributed by atoms with E-state index in [0.717, 1.165) is 59.8 Å². The minimum atomic E-state index is 0.578. The van der Waals surface area contributed by atoms with Crippen molar-refractivity contribution in [3.05, 3.63) is 59.9 Å². The van der Waals surface area contributed by atoms with Gasteiger partial charge in [-0.2, -0.15) is 0 Å². The molecule has 0 unspecified atom stereocenters. The van der Waals surface area contributed by atoms with E-state index in [1.54, 1.807) is 26.0 Å². The monoisotopic (exact) mass is 427 g/mol. The van der Waals surface area contributed by atoms with Gasteiger partial charge in [0.25, 0.3) is 0 Å². The molecule has 30 heavy (non-hydrogen) atoms. The molecule has 0 bridgehead atoms. The Morgan fingerprint density at radius 3 is 2.37 bits per heavy atom. The Morgan fingerprint density at radius 2 is 1.67 bits per heavy atom.